The van der Waals surface area contributed by atoms with Crippen molar-refractivity contribution < 1.29 is 0 Å². The number of fused-ring (bicyclic) bond motifs is 1. The normalized spacial score (nSPS) is 17.0. The van der Waals surface area contributed by atoms with E-state index in [1.807, 2.05) is 28.8 Å². The Kier molecular flexibility index (Phi) is 5.10. The molecule has 23 heavy (non-hydrogen) atoms. The van der Waals surface area contributed by atoms with E-state index in [0.717, 1.165) is 55.9 Å². The molecule has 124 valence electrons. The number of rotatable bonds is 4. The van der Waals surface area contributed by atoms with Crippen LogP contribution in [0.15, 0.2) is 29.4 Å². The third-order valence-corrected chi connectivity index (χ3v) is 4.40. The molecule has 1 aliphatic rings. The van der Waals surface area contributed by atoms with Crippen LogP contribution in [0.2, 0.25) is 0 Å². The van der Waals surface area contributed by atoms with Crippen LogP contribution in [-0.4, -0.2) is 51.6 Å². The lowest BCUT2D eigenvalue weighted by atomic mass is 10.00. The molecular formula is C17H26N6. The van der Waals surface area contributed by atoms with Crippen molar-refractivity contribution in [2.45, 2.75) is 33.1 Å². The third-order valence-electron chi connectivity index (χ3n) is 4.40. The number of piperidine rings is 1. The summed E-state index contributed by atoms with van der Waals surface area (Å²) in [5, 5.41) is 11.9. The quantitative estimate of drug-likeness (QED) is 0.692. The summed E-state index contributed by atoms with van der Waals surface area (Å²) in [6.07, 6.45) is 5.30. The zero-order valence-corrected chi connectivity index (χ0v) is 14.1. The Bertz CT molecular complexity index is 654. The predicted octanol–water partition coefficient (Wildman–Crippen LogP) is 1.97. The van der Waals surface area contributed by atoms with E-state index in [9.17, 15) is 0 Å². The molecule has 0 aromatic carbocycles. The van der Waals surface area contributed by atoms with Crippen LogP contribution in [-0.2, 0) is 6.42 Å². The Morgan fingerprint density at radius 1 is 1.30 bits per heavy atom. The van der Waals surface area contributed by atoms with Gasteiger partial charge in [-0.2, -0.15) is 0 Å². The number of hydrogen-bond donors (Lipinski definition) is 1. The maximum Gasteiger partial charge on any atom is 0.193 e. The number of pyridine rings is 1. The summed E-state index contributed by atoms with van der Waals surface area (Å²) >= 11 is 0. The topological polar surface area (TPSA) is 57.8 Å². The first-order valence-electron chi connectivity index (χ1n) is 8.60. The van der Waals surface area contributed by atoms with Crippen molar-refractivity contribution >= 4 is 11.6 Å². The zero-order chi connectivity index (χ0) is 16.1. The zero-order valence-electron chi connectivity index (χ0n) is 14.1. The van der Waals surface area contributed by atoms with Crippen LogP contribution < -0.4 is 5.32 Å². The Morgan fingerprint density at radius 2 is 2.13 bits per heavy atom. The molecule has 1 saturated heterocycles. The van der Waals surface area contributed by atoms with Gasteiger partial charge in [-0.1, -0.05) is 13.0 Å². The molecule has 0 amide bonds. The molecule has 0 radical (unpaired) electrons. The van der Waals surface area contributed by atoms with Crippen LogP contribution in [0.5, 0.6) is 0 Å². The molecule has 6 nitrogen and oxygen atoms in total. The fourth-order valence-corrected chi connectivity index (χ4v) is 2.97. The summed E-state index contributed by atoms with van der Waals surface area (Å²) in [6, 6.07) is 5.95. The fourth-order valence-electron chi connectivity index (χ4n) is 2.97. The summed E-state index contributed by atoms with van der Waals surface area (Å²) in [6.45, 7) is 8.27. The van der Waals surface area contributed by atoms with Gasteiger partial charge in [-0.3, -0.25) is 9.39 Å². The Balaban J connectivity index is 1.64. The highest BCUT2D eigenvalue weighted by Crippen LogP contribution is 2.16. The molecule has 0 bridgehead atoms. The number of nitrogens with one attached hydrogen (secondary N) is 1. The predicted molar refractivity (Wildman–Crippen MR) is 92.6 cm³/mol. The maximum absolute atomic E-state index is 4.79. The van der Waals surface area contributed by atoms with Crippen molar-refractivity contribution in [2.24, 2.45) is 10.9 Å². The standard InChI is InChI=1S/C17H26N6/c1-3-18-17(22-12-8-14(2)9-13-22)19-10-7-16-21-20-15-6-4-5-11-23(15)16/h4-6,11,14H,3,7-10,12-13H2,1-2H3,(H,18,19). The minimum atomic E-state index is 0.726. The van der Waals surface area contributed by atoms with Crippen LogP contribution >= 0.6 is 0 Å². The maximum atomic E-state index is 4.79. The highest BCUT2D eigenvalue weighted by molar-refractivity contribution is 5.80. The number of aliphatic imine (C=N–C) groups is 1. The molecular weight excluding hydrogens is 288 g/mol. The minimum Gasteiger partial charge on any atom is -0.357 e. The van der Waals surface area contributed by atoms with Crippen molar-refractivity contribution in [3.05, 3.63) is 30.2 Å². The summed E-state index contributed by atoms with van der Waals surface area (Å²) in [4.78, 5) is 7.17. The highest BCUT2D eigenvalue weighted by atomic mass is 15.3. The van der Waals surface area contributed by atoms with E-state index in [0.29, 0.717) is 0 Å². The van der Waals surface area contributed by atoms with Crippen LogP contribution in [0, 0.1) is 5.92 Å². The van der Waals surface area contributed by atoms with E-state index >= 15 is 0 Å². The van der Waals surface area contributed by atoms with E-state index in [2.05, 4.69) is 34.3 Å². The van der Waals surface area contributed by atoms with Crippen LogP contribution in [0.1, 0.15) is 32.5 Å². The smallest absolute Gasteiger partial charge is 0.193 e. The SMILES string of the molecule is CCNC(=NCCc1nnc2ccccn12)N1CCC(C)CC1. The van der Waals surface area contributed by atoms with E-state index in [4.69, 9.17) is 4.99 Å². The molecule has 1 fully saturated rings. The second-order valence-corrected chi connectivity index (χ2v) is 6.20. The molecule has 2 aromatic heterocycles. The average Bonchev–Trinajstić information content (AvgIpc) is 2.98. The van der Waals surface area contributed by atoms with Gasteiger partial charge in [-0.25, -0.2) is 0 Å². The van der Waals surface area contributed by atoms with Crippen molar-refractivity contribution in [1.29, 1.82) is 0 Å². The highest BCUT2D eigenvalue weighted by Gasteiger charge is 2.18. The van der Waals surface area contributed by atoms with Gasteiger partial charge in [0.2, 0.25) is 0 Å². The molecule has 1 aliphatic heterocycles. The molecule has 6 heteroatoms. The van der Waals surface area contributed by atoms with Gasteiger partial charge in [0.15, 0.2) is 11.6 Å². The van der Waals surface area contributed by atoms with Gasteiger partial charge in [-0.05, 0) is 37.8 Å². The molecule has 0 spiro atoms. The second-order valence-electron chi connectivity index (χ2n) is 6.20. The van der Waals surface area contributed by atoms with Gasteiger partial charge >= 0.3 is 0 Å². The number of hydrogen-bond acceptors (Lipinski definition) is 3. The van der Waals surface area contributed by atoms with Gasteiger partial charge in [0, 0.05) is 38.8 Å². The van der Waals surface area contributed by atoms with Gasteiger partial charge in [0.05, 0.1) is 0 Å². The second kappa shape index (κ2) is 7.44. The van der Waals surface area contributed by atoms with Crippen LogP contribution in [0.4, 0.5) is 0 Å². The molecule has 0 unspecified atom stereocenters. The molecule has 0 aliphatic carbocycles. The fraction of sp³-hybridized carbons (Fsp3) is 0.588. The van der Waals surface area contributed by atoms with Crippen molar-refractivity contribution in [2.75, 3.05) is 26.2 Å². The lowest BCUT2D eigenvalue weighted by molar-refractivity contribution is 0.273. The summed E-state index contributed by atoms with van der Waals surface area (Å²) < 4.78 is 2.03. The summed E-state index contributed by atoms with van der Waals surface area (Å²) in [7, 11) is 0. The lowest BCUT2D eigenvalue weighted by Crippen LogP contribution is -2.45. The number of nitrogens with zero attached hydrogens (tertiary/aromatic N) is 5. The monoisotopic (exact) mass is 314 g/mol. The van der Waals surface area contributed by atoms with Gasteiger partial charge in [0.1, 0.15) is 5.82 Å². The van der Waals surface area contributed by atoms with E-state index in [-0.39, 0.29) is 0 Å². The summed E-state index contributed by atoms with van der Waals surface area (Å²) in [5.74, 6) is 2.83. The lowest BCUT2D eigenvalue weighted by Gasteiger charge is -2.33. The van der Waals surface area contributed by atoms with Crippen molar-refractivity contribution in [3.8, 4) is 0 Å². The van der Waals surface area contributed by atoms with Gasteiger partial charge in [-0.15, -0.1) is 10.2 Å². The van der Waals surface area contributed by atoms with Gasteiger partial charge < -0.3 is 10.2 Å². The molecule has 2 aromatic rings. The third kappa shape index (κ3) is 3.81. The Labute approximate surface area is 137 Å². The van der Waals surface area contributed by atoms with Gasteiger partial charge in [0.25, 0.3) is 0 Å². The van der Waals surface area contributed by atoms with Crippen LogP contribution in [0.3, 0.4) is 0 Å². The molecule has 1 N–H and O–H groups in total. The Morgan fingerprint density at radius 3 is 2.91 bits per heavy atom. The average molecular weight is 314 g/mol. The molecule has 0 atom stereocenters. The summed E-state index contributed by atoms with van der Waals surface area (Å²) in [5.41, 5.74) is 0.892. The number of aromatic nitrogens is 3. The largest absolute Gasteiger partial charge is 0.357 e. The van der Waals surface area contributed by atoms with Crippen molar-refractivity contribution in [3.63, 3.8) is 0 Å². The first kappa shape index (κ1) is 15.8. The number of likely N-dealkylation sites (tertiary alicyclic amines) is 1. The van der Waals surface area contributed by atoms with E-state index in [1.54, 1.807) is 0 Å². The number of guanidine groups is 1. The molecule has 3 rings (SSSR count). The Hall–Kier alpha value is -2.11. The molecule has 3 heterocycles. The minimum absolute atomic E-state index is 0.726. The van der Waals surface area contributed by atoms with E-state index in [1.165, 1.54) is 12.8 Å². The first-order valence-corrected chi connectivity index (χ1v) is 8.60. The molecule has 0 saturated carbocycles. The first-order chi connectivity index (χ1) is 11.3. The van der Waals surface area contributed by atoms with Crippen molar-refractivity contribution in [1.82, 2.24) is 24.8 Å². The van der Waals surface area contributed by atoms with E-state index < -0.39 is 0 Å². The van der Waals surface area contributed by atoms with Crippen LogP contribution in [0.25, 0.3) is 5.65 Å².